The molecule has 0 unspecified atom stereocenters. The summed E-state index contributed by atoms with van der Waals surface area (Å²) in [6, 6.07) is 16.7. The number of esters is 1. The Hall–Kier alpha value is -2.34. The predicted molar refractivity (Wildman–Crippen MR) is 119 cm³/mol. The third-order valence-corrected chi connectivity index (χ3v) is 5.72. The third-order valence-electron chi connectivity index (χ3n) is 4.99. The van der Waals surface area contributed by atoms with Gasteiger partial charge in [0, 0.05) is 29.0 Å². The lowest BCUT2D eigenvalue weighted by atomic mass is 9.88. The second-order valence-electron chi connectivity index (χ2n) is 8.54. The lowest BCUT2D eigenvalue weighted by molar-refractivity contribution is -0.0133. The van der Waals surface area contributed by atoms with Crippen LogP contribution in [0.25, 0.3) is 0 Å². The fourth-order valence-electron chi connectivity index (χ4n) is 3.63. The Morgan fingerprint density at radius 3 is 2.40 bits per heavy atom. The van der Waals surface area contributed by atoms with Crippen molar-refractivity contribution in [2.75, 3.05) is 13.1 Å². The standard InChI is InChI=1S/C24H28BrNO4/c1-24(2,3)30-23(28)26-15-9-12-18(16-26)21(19-13-7-8-14-20(19)25)29-22(27)17-10-5-4-6-11-17/h4-8,10-11,13-14,18,21H,9,12,15-16H2,1-3H3/t18-,21-/m0/s1. The van der Waals surface area contributed by atoms with Crippen LogP contribution in [0.1, 0.15) is 55.6 Å². The molecule has 1 fully saturated rings. The number of likely N-dealkylation sites (tertiary alicyclic amines) is 1. The smallest absolute Gasteiger partial charge is 0.410 e. The zero-order valence-electron chi connectivity index (χ0n) is 17.6. The average molecular weight is 474 g/mol. The van der Waals surface area contributed by atoms with E-state index < -0.39 is 11.7 Å². The summed E-state index contributed by atoms with van der Waals surface area (Å²) in [5.74, 6) is -0.400. The van der Waals surface area contributed by atoms with Crippen LogP contribution in [0.3, 0.4) is 0 Å². The molecular weight excluding hydrogens is 446 g/mol. The molecular formula is C24H28BrNO4. The molecule has 2 atom stereocenters. The number of halogens is 1. The highest BCUT2D eigenvalue weighted by atomic mass is 79.9. The first-order chi connectivity index (χ1) is 14.2. The number of nitrogens with zero attached hydrogens (tertiary/aromatic N) is 1. The molecule has 1 saturated heterocycles. The largest absolute Gasteiger partial charge is 0.453 e. The van der Waals surface area contributed by atoms with Crippen molar-refractivity contribution < 1.29 is 19.1 Å². The maximum absolute atomic E-state index is 12.8. The van der Waals surface area contributed by atoms with Crippen LogP contribution >= 0.6 is 15.9 Å². The highest BCUT2D eigenvalue weighted by Gasteiger charge is 2.35. The van der Waals surface area contributed by atoms with Crippen LogP contribution in [0.15, 0.2) is 59.1 Å². The van der Waals surface area contributed by atoms with Crippen LogP contribution in [0, 0.1) is 5.92 Å². The lowest BCUT2D eigenvalue weighted by Crippen LogP contribution is -2.44. The highest BCUT2D eigenvalue weighted by molar-refractivity contribution is 9.10. The van der Waals surface area contributed by atoms with E-state index in [0.717, 1.165) is 22.9 Å². The summed E-state index contributed by atoms with van der Waals surface area (Å²) >= 11 is 3.60. The highest BCUT2D eigenvalue weighted by Crippen LogP contribution is 2.37. The first-order valence-corrected chi connectivity index (χ1v) is 11.0. The number of carbonyl (C=O) groups excluding carboxylic acids is 2. The van der Waals surface area contributed by atoms with Gasteiger partial charge in [-0.15, -0.1) is 0 Å². The van der Waals surface area contributed by atoms with Crippen LogP contribution < -0.4 is 0 Å². The summed E-state index contributed by atoms with van der Waals surface area (Å²) in [5.41, 5.74) is 0.859. The first kappa shape index (κ1) is 22.3. The molecule has 3 rings (SSSR count). The molecule has 1 heterocycles. The van der Waals surface area contributed by atoms with Crippen molar-refractivity contribution in [2.45, 2.75) is 45.3 Å². The number of rotatable bonds is 4. The maximum atomic E-state index is 12.8. The molecule has 1 amide bonds. The number of hydrogen-bond donors (Lipinski definition) is 0. The second-order valence-corrected chi connectivity index (χ2v) is 9.40. The molecule has 30 heavy (non-hydrogen) atoms. The summed E-state index contributed by atoms with van der Waals surface area (Å²) in [5, 5.41) is 0. The van der Waals surface area contributed by atoms with Gasteiger partial charge in [0.15, 0.2) is 0 Å². The summed E-state index contributed by atoms with van der Waals surface area (Å²) in [7, 11) is 0. The SMILES string of the molecule is CC(C)(C)OC(=O)N1CCC[C@H]([C@H](OC(=O)c2ccccc2)c2ccccc2Br)C1. The quantitative estimate of drug-likeness (QED) is 0.511. The minimum Gasteiger partial charge on any atom is -0.453 e. The molecule has 0 aromatic heterocycles. The molecule has 0 aliphatic carbocycles. The van der Waals surface area contributed by atoms with Gasteiger partial charge in [0.25, 0.3) is 0 Å². The number of amides is 1. The van der Waals surface area contributed by atoms with Crippen LogP contribution in [0.4, 0.5) is 4.79 Å². The molecule has 0 N–H and O–H groups in total. The van der Waals surface area contributed by atoms with Crippen molar-refractivity contribution in [3.63, 3.8) is 0 Å². The summed E-state index contributed by atoms with van der Waals surface area (Å²) in [4.78, 5) is 27.2. The van der Waals surface area contributed by atoms with E-state index in [-0.39, 0.29) is 18.0 Å². The van der Waals surface area contributed by atoms with Gasteiger partial charge in [0.1, 0.15) is 11.7 Å². The molecule has 0 radical (unpaired) electrons. The van der Waals surface area contributed by atoms with Crippen molar-refractivity contribution in [3.05, 3.63) is 70.2 Å². The lowest BCUT2D eigenvalue weighted by Gasteiger charge is -2.37. The van der Waals surface area contributed by atoms with E-state index in [1.807, 2.05) is 63.2 Å². The van der Waals surface area contributed by atoms with E-state index >= 15 is 0 Å². The average Bonchev–Trinajstić information content (AvgIpc) is 2.72. The zero-order chi connectivity index (χ0) is 21.7. The van der Waals surface area contributed by atoms with Crippen LogP contribution in [0.2, 0.25) is 0 Å². The predicted octanol–water partition coefficient (Wildman–Crippen LogP) is 5.99. The van der Waals surface area contributed by atoms with Gasteiger partial charge >= 0.3 is 12.1 Å². The molecule has 0 spiro atoms. The van der Waals surface area contributed by atoms with Crippen molar-refractivity contribution in [2.24, 2.45) is 5.92 Å². The van der Waals surface area contributed by atoms with Gasteiger partial charge in [-0.2, -0.15) is 0 Å². The Labute approximate surface area is 186 Å². The van der Waals surface area contributed by atoms with E-state index in [9.17, 15) is 9.59 Å². The molecule has 6 heteroatoms. The Balaban J connectivity index is 1.83. The molecule has 5 nitrogen and oxygen atoms in total. The van der Waals surface area contributed by atoms with Crippen molar-refractivity contribution >= 4 is 28.0 Å². The molecule has 2 aromatic rings. The Morgan fingerprint density at radius 2 is 1.73 bits per heavy atom. The normalized spacial score (nSPS) is 17.9. The van der Waals surface area contributed by atoms with Crippen LogP contribution in [0.5, 0.6) is 0 Å². The van der Waals surface area contributed by atoms with Gasteiger partial charge in [0.2, 0.25) is 0 Å². The maximum Gasteiger partial charge on any atom is 0.410 e. The molecule has 0 saturated carbocycles. The monoisotopic (exact) mass is 473 g/mol. The van der Waals surface area contributed by atoms with E-state index in [0.29, 0.717) is 18.7 Å². The van der Waals surface area contributed by atoms with Gasteiger partial charge in [-0.25, -0.2) is 9.59 Å². The van der Waals surface area contributed by atoms with Gasteiger partial charge in [-0.3, -0.25) is 0 Å². The van der Waals surface area contributed by atoms with Crippen LogP contribution in [-0.2, 0) is 9.47 Å². The van der Waals surface area contributed by atoms with Gasteiger partial charge in [-0.05, 0) is 51.8 Å². The Kier molecular flexibility index (Phi) is 7.19. The molecule has 1 aliphatic rings. The summed E-state index contributed by atoms with van der Waals surface area (Å²) in [6.07, 6.45) is 0.882. The molecule has 2 aromatic carbocycles. The Morgan fingerprint density at radius 1 is 1.07 bits per heavy atom. The van der Waals surface area contributed by atoms with E-state index in [1.54, 1.807) is 17.0 Å². The number of ether oxygens (including phenoxy) is 2. The van der Waals surface area contributed by atoms with Gasteiger partial charge in [0.05, 0.1) is 5.56 Å². The third kappa shape index (κ3) is 5.85. The number of carbonyl (C=O) groups is 2. The molecule has 0 bridgehead atoms. The van der Waals surface area contributed by atoms with Crippen molar-refractivity contribution in [1.29, 1.82) is 0 Å². The fraction of sp³-hybridized carbons (Fsp3) is 0.417. The second kappa shape index (κ2) is 9.65. The molecule has 160 valence electrons. The number of piperidine rings is 1. The topological polar surface area (TPSA) is 55.8 Å². The molecule has 1 aliphatic heterocycles. The van der Waals surface area contributed by atoms with Gasteiger partial charge in [-0.1, -0.05) is 52.3 Å². The zero-order valence-corrected chi connectivity index (χ0v) is 19.2. The van der Waals surface area contributed by atoms with Crippen LogP contribution in [-0.4, -0.2) is 35.7 Å². The van der Waals surface area contributed by atoms with Crippen molar-refractivity contribution in [3.8, 4) is 0 Å². The summed E-state index contributed by atoms with van der Waals surface area (Å²) in [6.45, 7) is 6.69. The number of hydrogen-bond acceptors (Lipinski definition) is 4. The van der Waals surface area contributed by atoms with E-state index in [2.05, 4.69) is 15.9 Å². The van der Waals surface area contributed by atoms with Crippen molar-refractivity contribution in [1.82, 2.24) is 4.90 Å². The fourth-order valence-corrected chi connectivity index (χ4v) is 4.14. The minimum atomic E-state index is -0.550. The van der Waals surface area contributed by atoms with E-state index in [4.69, 9.17) is 9.47 Å². The first-order valence-electron chi connectivity index (χ1n) is 10.2. The minimum absolute atomic E-state index is 0.0300. The Bertz CT molecular complexity index is 878. The summed E-state index contributed by atoms with van der Waals surface area (Å²) < 4.78 is 12.5. The van der Waals surface area contributed by atoms with Gasteiger partial charge < -0.3 is 14.4 Å². The number of benzene rings is 2. The van der Waals surface area contributed by atoms with E-state index in [1.165, 1.54) is 0 Å².